The normalized spacial score (nSPS) is 13.6. The molecule has 0 N–H and O–H groups in total. The monoisotopic (exact) mass is 286 g/mol. The molecule has 1 unspecified atom stereocenters. The predicted molar refractivity (Wildman–Crippen MR) is 49.2 cm³/mol. The first-order valence-electron chi connectivity index (χ1n) is 4.01. The van der Waals surface area contributed by atoms with Crippen molar-refractivity contribution in [1.82, 2.24) is 0 Å². The quantitative estimate of drug-likeness (QED) is 0.797. The fraction of sp³-hybridized carbons (Fsp3) is 0.333. The van der Waals surface area contributed by atoms with Crippen LogP contribution in [0.5, 0.6) is 5.75 Å². The van der Waals surface area contributed by atoms with Gasteiger partial charge in [-0.25, -0.2) is 0 Å². The molecule has 84 valence electrons. The van der Waals surface area contributed by atoms with E-state index in [-0.39, 0.29) is 0 Å². The van der Waals surface area contributed by atoms with Crippen molar-refractivity contribution in [1.29, 1.82) is 0 Å². The second-order valence-corrected chi connectivity index (χ2v) is 5.81. The van der Waals surface area contributed by atoms with E-state index in [4.69, 9.17) is 4.74 Å². The first kappa shape index (κ1) is 12.2. The molecule has 0 aliphatic heterocycles. The molecule has 0 spiro atoms. The maximum atomic E-state index is 12.0. The summed E-state index contributed by atoms with van der Waals surface area (Å²) in [6.45, 7) is 0. The number of halogens is 3. The molecule has 15 heavy (non-hydrogen) atoms. The van der Waals surface area contributed by atoms with Crippen molar-refractivity contribution in [2.75, 3.05) is 7.11 Å². The third-order valence-corrected chi connectivity index (χ3v) is 4.05. The number of alkyl halides is 3. The van der Waals surface area contributed by atoms with Crippen LogP contribution in [0.2, 0.25) is 0 Å². The summed E-state index contributed by atoms with van der Waals surface area (Å²) in [4.78, 5) is 0. The summed E-state index contributed by atoms with van der Waals surface area (Å²) in [5, 5.41) is -4.98. The van der Waals surface area contributed by atoms with Crippen molar-refractivity contribution in [3.8, 4) is 5.75 Å². The van der Waals surface area contributed by atoms with E-state index in [2.05, 4.69) is 0 Å². The molecule has 0 saturated heterocycles. The predicted octanol–water partition coefficient (Wildman–Crippen LogP) is 2.30. The zero-order valence-electron chi connectivity index (χ0n) is 7.88. The van der Waals surface area contributed by atoms with E-state index in [0.717, 1.165) is 0 Å². The number of benzene rings is 1. The molecule has 1 aromatic carbocycles. The summed E-state index contributed by atoms with van der Waals surface area (Å²) >= 11 is -3.80. The zero-order valence-corrected chi connectivity index (χ0v) is 9.59. The van der Waals surface area contributed by atoms with Gasteiger partial charge in [0.05, 0.1) is 0 Å². The Bertz CT molecular complexity index is 345. The van der Waals surface area contributed by atoms with Crippen LogP contribution >= 0.6 is 0 Å². The van der Waals surface area contributed by atoms with Crippen LogP contribution in [-0.4, -0.2) is 26.0 Å². The Morgan fingerprint density at radius 3 is 2.20 bits per heavy atom. The van der Waals surface area contributed by atoms with Gasteiger partial charge in [-0.05, 0) is 0 Å². The second-order valence-electron chi connectivity index (χ2n) is 2.78. The van der Waals surface area contributed by atoms with Gasteiger partial charge in [0.1, 0.15) is 0 Å². The van der Waals surface area contributed by atoms with Gasteiger partial charge in [0.25, 0.3) is 0 Å². The molecule has 1 aromatic rings. The molecule has 1 atom stereocenters. The van der Waals surface area contributed by atoms with Gasteiger partial charge < -0.3 is 0 Å². The summed E-state index contributed by atoms with van der Waals surface area (Å²) in [6, 6.07) is 6.06. The zero-order chi connectivity index (χ0) is 11.5. The third kappa shape index (κ3) is 3.64. The minimum absolute atomic E-state index is 0.410. The van der Waals surface area contributed by atoms with E-state index in [1.807, 2.05) is 0 Å². The third-order valence-electron chi connectivity index (χ3n) is 1.71. The summed E-state index contributed by atoms with van der Waals surface area (Å²) in [7, 11) is 1.47. The molecule has 0 fully saturated rings. The molecule has 0 amide bonds. The molecule has 2 nitrogen and oxygen atoms in total. The minimum atomic E-state index is -4.56. The molecular formula is C9H9F3O2Se. The number of methoxy groups -OCH3 is 1. The van der Waals surface area contributed by atoms with Gasteiger partial charge in [-0.15, -0.1) is 0 Å². The van der Waals surface area contributed by atoms with Crippen molar-refractivity contribution in [2.45, 2.75) is 10.4 Å². The van der Waals surface area contributed by atoms with Crippen LogP contribution in [0.3, 0.4) is 0 Å². The standard InChI is InChI=1S/C9H9F3O2Se/c1-14-8-4-2-7(3-5-8)6-15(13)9(10,11)12/h2-5H,6H2,1H3. The fourth-order valence-electron chi connectivity index (χ4n) is 0.955. The van der Waals surface area contributed by atoms with Gasteiger partial charge in [0, 0.05) is 0 Å². The van der Waals surface area contributed by atoms with Crippen molar-refractivity contribution in [3.05, 3.63) is 29.8 Å². The van der Waals surface area contributed by atoms with Crippen LogP contribution in [-0.2, 0) is 9.15 Å². The van der Waals surface area contributed by atoms with E-state index in [1.54, 1.807) is 12.1 Å². The molecule has 0 bridgehead atoms. The topological polar surface area (TPSA) is 26.3 Å². The Morgan fingerprint density at radius 2 is 1.80 bits per heavy atom. The van der Waals surface area contributed by atoms with E-state index >= 15 is 0 Å². The number of rotatable bonds is 3. The van der Waals surface area contributed by atoms with Gasteiger partial charge in [0.15, 0.2) is 0 Å². The van der Waals surface area contributed by atoms with E-state index in [0.29, 0.717) is 11.3 Å². The van der Waals surface area contributed by atoms with E-state index < -0.39 is 24.2 Å². The molecule has 0 aliphatic carbocycles. The Kier molecular flexibility index (Phi) is 3.88. The Balaban J connectivity index is 2.70. The van der Waals surface area contributed by atoms with Crippen LogP contribution in [0, 0.1) is 0 Å². The van der Waals surface area contributed by atoms with Gasteiger partial charge in [-0.3, -0.25) is 0 Å². The number of hydrogen-bond donors (Lipinski definition) is 0. The molecule has 0 saturated carbocycles. The van der Waals surface area contributed by atoms with Crippen LogP contribution in [0.25, 0.3) is 0 Å². The second kappa shape index (κ2) is 4.77. The van der Waals surface area contributed by atoms with Crippen LogP contribution in [0.1, 0.15) is 5.56 Å². The van der Waals surface area contributed by atoms with Crippen molar-refractivity contribution < 1.29 is 21.7 Å². The van der Waals surface area contributed by atoms with Gasteiger partial charge in [-0.2, -0.15) is 0 Å². The van der Waals surface area contributed by atoms with Crippen LogP contribution in [0.15, 0.2) is 24.3 Å². The van der Waals surface area contributed by atoms with Gasteiger partial charge >= 0.3 is 88.7 Å². The summed E-state index contributed by atoms with van der Waals surface area (Å²) in [5.41, 5.74) is 0.410. The van der Waals surface area contributed by atoms with E-state index in [1.165, 1.54) is 19.2 Å². The first-order chi connectivity index (χ1) is 6.93. The van der Waals surface area contributed by atoms with Crippen LogP contribution in [0.4, 0.5) is 13.2 Å². The van der Waals surface area contributed by atoms with Gasteiger partial charge in [-0.1, -0.05) is 0 Å². The molecule has 0 aromatic heterocycles. The van der Waals surface area contributed by atoms with E-state index in [9.17, 15) is 17.0 Å². The molecule has 0 radical (unpaired) electrons. The maximum absolute atomic E-state index is 12.0. The summed E-state index contributed by atoms with van der Waals surface area (Å²) in [5.74, 6) is 0.563. The molecule has 6 heteroatoms. The average Bonchev–Trinajstić information content (AvgIpc) is 2.17. The Morgan fingerprint density at radius 1 is 1.27 bits per heavy atom. The number of ether oxygens (including phenoxy) is 1. The molecule has 1 rings (SSSR count). The van der Waals surface area contributed by atoms with Crippen molar-refractivity contribution in [2.24, 2.45) is 0 Å². The summed E-state index contributed by atoms with van der Waals surface area (Å²) < 4.78 is 51.7. The van der Waals surface area contributed by atoms with Crippen molar-refractivity contribution in [3.63, 3.8) is 0 Å². The molecular weight excluding hydrogens is 276 g/mol. The average molecular weight is 285 g/mol. The van der Waals surface area contributed by atoms with Gasteiger partial charge in [0.2, 0.25) is 0 Å². The van der Waals surface area contributed by atoms with Crippen molar-refractivity contribution >= 4 is 13.8 Å². The fourth-order valence-corrected chi connectivity index (χ4v) is 2.34. The Labute approximate surface area is 89.1 Å². The Hall–Kier alpha value is -0.871. The first-order valence-corrected chi connectivity index (χ1v) is 6.78. The number of hydrogen-bond acceptors (Lipinski definition) is 2. The van der Waals surface area contributed by atoms with Crippen LogP contribution < -0.4 is 4.74 Å². The molecule has 0 aliphatic rings. The molecule has 0 heterocycles. The summed E-state index contributed by atoms with van der Waals surface area (Å²) in [6.07, 6.45) is 0. The SMILES string of the molecule is COc1ccc(C[Se](=O)C(F)(F)F)cc1.